The second-order valence-electron chi connectivity index (χ2n) is 4.16. The fourth-order valence-electron chi connectivity index (χ4n) is 1.60. The first-order valence-corrected chi connectivity index (χ1v) is 8.65. The van der Waals surface area contributed by atoms with E-state index in [1.165, 1.54) is 5.56 Å². The minimum Gasteiger partial charge on any atom is -0.395 e. The van der Waals surface area contributed by atoms with Crippen LogP contribution in [0.3, 0.4) is 0 Å². The SMILES string of the molecule is C=Cc1cccc(CO[Si](C)(CC)OCC)c1. The van der Waals surface area contributed by atoms with Gasteiger partial charge in [0.1, 0.15) is 0 Å². The highest BCUT2D eigenvalue weighted by molar-refractivity contribution is 6.65. The van der Waals surface area contributed by atoms with Crippen LogP contribution in [-0.4, -0.2) is 15.2 Å². The van der Waals surface area contributed by atoms with E-state index in [1.54, 1.807) is 0 Å². The number of benzene rings is 1. The predicted octanol–water partition coefficient (Wildman–Crippen LogP) is 3.97. The van der Waals surface area contributed by atoms with Crippen LogP contribution in [0.15, 0.2) is 30.8 Å². The Balaban J connectivity index is 2.62. The van der Waals surface area contributed by atoms with Crippen molar-refractivity contribution in [2.24, 2.45) is 0 Å². The Hall–Kier alpha value is -0.903. The summed E-state index contributed by atoms with van der Waals surface area (Å²) in [6.45, 7) is 11.4. The van der Waals surface area contributed by atoms with Gasteiger partial charge in [-0.3, -0.25) is 0 Å². The fraction of sp³-hybridized carbons (Fsp3) is 0.429. The van der Waals surface area contributed by atoms with Crippen LogP contribution in [0.1, 0.15) is 25.0 Å². The third-order valence-electron chi connectivity index (χ3n) is 2.82. The van der Waals surface area contributed by atoms with E-state index in [0.717, 1.165) is 18.2 Å². The van der Waals surface area contributed by atoms with Crippen molar-refractivity contribution in [3.05, 3.63) is 42.0 Å². The summed E-state index contributed by atoms with van der Waals surface area (Å²) in [4.78, 5) is 0. The van der Waals surface area contributed by atoms with Crippen LogP contribution >= 0.6 is 0 Å². The van der Waals surface area contributed by atoms with Gasteiger partial charge >= 0.3 is 8.56 Å². The van der Waals surface area contributed by atoms with Crippen molar-refractivity contribution in [1.29, 1.82) is 0 Å². The molecule has 0 aliphatic carbocycles. The van der Waals surface area contributed by atoms with Crippen molar-refractivity contribution in [3.63, 3.8) is 0 Å². The highest BCUT2D eigenvalue weighted by Crippen LogP contribution is 2.16. The topological polar surface area (TPSA) is 18.5 Å². The van der Waals surface area contributed by atoms with E-state index in [9.17, 15) is 0 Å². The van der Waals surface area contributed by atoms with E-state index < -0.39 is 8.56 Å². The molecule has 0 aromatic heterocycles. The summed E-state index contributed by atoms with van der Waals surface area (Å²) in [6, 6.07) is 9.21. The quantitative estimate of drug-likeness (QED) is 0.682. The minimum absolute atomic E-state index is 0.623. The number of rotatable bonds is 7. The van der Waals surface area contributed by atoms with Gasteiger partial charge in [0.15, 0.2) is 0 Å². The lowest BCUT2D eigenvalue weighted by Crippen LogP contribution is -2.37. The van der Waals surface area contributed by atoms with Crippen LogP contribution in [0.4, 0.5) is 0 Å². The summed E-state index contributed by atoms with van der Waals surface area (Å²) in [6.07, 6.45) is 1.85. The minimum atomic E-state index is -1.96. The van der Waals surface area contributed by atoms with Crippen LogP contribution in [0.5, 0.6) is 0 Å². The first-order valence-electron chi connectivity index (χ1n) is 6.13. The highest BCUT2D eigenvalue weighted by atomic mass is 28.4. The van der Waals surface area contributed by atoms with Crippen LogP contribution in [-0.2, 0) is 15.5 Å². The van der Waals surface area contributed by atoms with Gasteiger partial charge in [-0.1, -0.05) is 37.8 Å². The molecule has 0 amide bonds. The van der Waals surface area contributed by atoms with Crippen molar-refractivity contribution in [2.75, 3.05) is 6.61 Å². The van der Waals surface area contributed by atoms with Crippen LogP contribution < -0.4 is 0 Å². The van der Waals surface area contributed by atoms with Crippen LogP contribution in [0.2, 0.25) is 12.6 Å². The molecular formula is C14H22O2Si. The van der Waals surface area contributed by atoms with Crippen LogP contribution in [0.25, 0.3) is 6.08 Å². The summed E-state index contributed by atoms with van der Waals surface area (Å²) in [7, 11) is -1.96. The summed E-state index contributed by atoms with van der Waals surface area (Å²) in [5, 5.41) is 0. The second kappa shape index (κ2) is 6.74. The average Bonchev–Trinajstić information content (AvgIpc) is 2.37. The first-order chi connectivity index (χ1) is 8.13. The number of hydrogen-bond donors (Lipinski definition) is 0. The molecule has 0 N–H and O–H groups in total. The molecule has 0 saturated heterocycles. The smallest absolute Gasteiger partial charge is 0.334 e. The third-order valence-corrected chi connectivity index (χ3v) is 5.76. The molecule has 0 aliphatic rings. The van der Waals surface area contributed by atoms with E-state index in [2.05, 4.69) is 32.2 Å². The second-order valence-corrected chi connectivity index (χ2v) is 7.71. The van der Waals surface area contributed by atoms with Crippen molar-refractivity contribution < 1.29 is 8.85 Å². The summed E-state index contributed by atoms with van der Waals surface area (Å²) >= 11 is 0. The lowest BCUT2D eigenvalue weighted by molar-refractivity contribution is 0.174. The Kier molecular flexibility index (Phi) is 5.61. The Bertz CT molecular complexity index is 365. The zero-order valence-corrected chi connectivity index (χ0v) is 12.0. The molecule has 2 nitrogen and oxygen atoms in total. The van der Waals surface area contributed by atoms with Gasteiger partial charge in [-0.25, -0.2) is 0 Å². The molecule has 0 heterocycles. The maximum Gasteiger partial charge on any atom is 0.334 e. The summed E-state index contributed by atoms with van der Waals surface area (Å²) < 4.78 is 11.7. The van der Waals surface area contributed by atoms with Gasteiger partial charge in [0, 0.05) is 6.61 Å². The standard InChI is InChI=1S/C14H22O2Si/c1-5-13-9-8-10-14(11-13)12-16-17(4,7-3)15-6-2/h5,8-11H,1,6-7,12H2,2-4H3. The molecule has 0 spiro atoms. The molecule has 1 aromatic carbocycles. The van der Waals surface area contributed by atoms with Gasteiger partial charge in [0.25, 0.3) is 0 Å². The molecule has 0 radical (unpaired) electrons. The normalized spacial score (nSPS) is 14.3. The van der Waals surface area contributed by atoms with Gasteiger partial charge in [0.2, 0.25) is 0 Å². The molecule has 94 valence electrons. The Labute approximate surface area is 106 Å². The molecule has 0 bridgehead atoms. The molecule has 0 saturated carbocycles. The maximum absolute atomic E-state index is 5.99. The van der Waals surface area contributed by atoms with E-state index in [1.807, 2.05) is 25.1 Å². The van der Waals surface area contributed by atoms with Gasteiger partial charge < -0.3 is 8.85 Å². The van der Waals surface area contributed by atoms with Gasteiger partial charge in [-0.2, -0.15) is 0 Å². The molecule has 1 rings (SSSR count). The summed E-state index contributed by atoms with van der Waals surface area (Å²) in [5.74, 6) is 0. The lowest BCUT2D eigenvalue weighted by Gasteiger charge is -2.25. The van der Waals surface area contributed by atoms with Gasteiger partial charge in [-0.05, 0) is 36.7 Å². The van der Waals surface area contributed by atoms with E-state index in [4.69, 9.17) is 8.85 Å². The predicted molar refractivity (Wildman–Crippen MR) is 75.0 cm³/mol. The van der Waals surface area contributed by atoms with Crippen molar-refractivity contribution >= 4 is 14.6 Å². The Morgan fingerprint density at radius 2 is 2.06 bits per heavy atom. The third kappa shape index (κ3) is 4.46. The molecule has 1 unspecified atom stereocenters. The van der Waals surface area contributed by atoms with Crippen molar-refractivity contribution in [2.45, 2.75) is 33.0 Å². The molecule has 0 fully saturated rings. The molecule has 3 heteroatoms. The summed E-state index contributed by atoms with van der Waals surface area (Å²) in [5.41, 5.74) is 2.30. The Morgan fingerprint density at radius 1 is 1.29 bits per heavy atom. The zero-order valence-electron chi connectivity index (χ0n) is 11.0. The maximum atomic E-state index is 5.99. The highest BCUT2D eigenvalue weighted by Gasteiger charge is 2.28. The fourth-order valence-corrected chi connectivity index (χ4v) is 3.17. The van der Waals surface area contributed by atoms with Crippen molar-refractivity contribution in [1.82, 2.24) is 0 Å². The molecule has 1 atom stereocenters. The average molecular weight is 250 g/mol. The van der Waals surface area contributed by atoms with Gasteiger partial charge in [0.05, 0.1) is 6.61 Å². The largest absolute Gasteiger partial charge is 0.395 e. The molecular weight excluding hydrogens is 228 g/mol. The number of hydrogen-bond acceptors (Lipinski definition) is 2. The first kappa shape index (κ1) is 14.2. The van der Waals surface area contributed by atoms with Crippen LogP contribution in [0, 0.1) is 0 Å². The Morgan fingerprint density at radius 3 is 2.65 bits per heavy atom. The van der Waals surface area contributed by atoms with E-state index in [0.29, 0.717) is 6.61 Å². The van der Waals surface area contributed by atoms with Gasteiger partial charge in [-0.15, -0.1) is 0 Å². The molecule has 1 aromatic rings. The lowest BCUT2D eigenvalue weighted by atomic mass is 10.1. The van der Waals surface area contributed by atoms with Crippen molar-refractivity contribution in [3.8, 4) is 0 Å². The van der Waals surface area contributed by atoms with E-state index in [-0.39, 0.29) is 0 Å². The zero-order chi connectivity index (χ0) is 12.7. The molecule has 17 heavy (non-hydrogen) atoms. The molecule has 0 aliphatic heterocycles. The van der Waals surface area contributed by atoms with E-state index >= 15 is 0 Å². The monoisotopic (exact) mass is 250 g/mol.